The van der Waals surface area contributed by atoms with Crippen LogP contribution in [0, 0.1) is 0 Å². The van der Waals surface area contributed by atoms with Crippen LogP contribution in [0.3, 0.4) is 0 Å². The molecule has 16 heavy (non-hydrogen) atoms. The third kappa shape index (κ3) is 3.24. The zero-order valence-electron chi connectivity index (χ0n) is 9.08. The number of ketones is 1. The zero-order valence-corrected chi connectivity index (χ0v) is 9.84. The maximum Gasteiger partial charge on any atom is 0.551 e. The summed E-state index contributed by atoms with van der Waals surface area (Å²) in [5, 5.41) is 9.65. The average Bonchev–Trinajstić information content (AvgIpc) is 2.21. The molecule has 0 aromatic heterocycles. The Morgan fingerprint density at radius 2 is 2.25 bits per heavy atom. The Kier molecular flexibility index (Phi) is 4.31. The number of benzene rings is 1. The third-order valence-electron chi connectivity index (χ3n) is 1.88. The summed E-state index contributed by atoms with van der Waals surface area (Å²) >= 11 is 5.84. The van der Waals surface area contributed by atoms with Gasteiger partial charge in [-0.2, -0.15) is 0 Å². The number of carbonyl (C=O) groups excluding carboxylic acids is 1. The number of nitrogens with one attached hydrogen (secondary N) is 1. The molecular formula is C11H13ClNO3+. The second kappa shape index (κ2) is 5.51. The maximum absolute atomic E-state index is 11.2. The van der Waals surface area contributed by atoms with E-state index in [0.717, 1.165) is 0 Å². The van der Waals surface area contributed by atoms with E-state index in [9.17, 15) is 9.90 Å². The molecule has 0 saturated carbocycles. The average molecular weight is 243 g/mol. The van der Waals surface area contributed by atoms with Crippen molar-refractivity contribution in [2.75, 3.05) is 6.61 Å². The Morgan fingerprint density at radius 1 is 1.56 bits per heavy atom. The number of aliphatic hydroxyl groups is 1. The molecule has 1 rings (SSSR count). The highest BCUT2D eigenvalue weighted by molar-refractivity contribution is 6.33. The number of ether oxygens (including phenoxy) is 1. The minimum Gasteiger partial charge on any atom is -0.430 e. The first kappa shape index (κ1) is 12.5. The first-order chi connectivity index (χ1) is 7.54. The van der Waals surface area contributed by atoms with Crippen molar-refractivity contribution in [1.29, 1.82) is 0 Å². The second-order valence-electron chi connectivity index (χ2n) is 3.11. The van der Waals surface area contributed by atoms with Crippen molar-refractivity contribution in [3.8, 4) is 0 Å². The summed E-state index contributed by atoms with van der Waals surface area (Å²) in [6.45, 7) is 3.53. The van der Waals surface area contributed by atoms with Crippen LogP contribution in [0.4, 0.5) is 5.69 Å². The molecule has 1 aromatic rings. The van der Waals surface area contributed by atoms with E-state index >= 15 is 0 Å². The van der Waals surface area contributed by atoms with Crippen molar-refractivity contribution in [3.05, 3.63) is 28.8 Å². The molecule has 86 valence electrons. The predicted molar refractivity (Wildman–Crippen MR) is 61.3 cm³/mol. The molecular weight excluding hydrogens is 230 g/mol. The number of hydrogen-bond donors (Lipinski definition) is 2. The normalized spacial score (nSPS) is 11.3. The van der Waals surface area contributed by atoms with Crippen LogP contribution in [-0.4, -0.2) is 23.6 Å². The summed E-state index contributed by atoms with van der Waals surface area (Å²) in [5.74, 6) is -0.135. The monoisotopic (exact) mass is 242 g/mol. The summed E-state index contributed by atoms with van der Waals surface area (Å²) < 4.78 is 4.82. The topological polar surface area (TPSA) is 60.5 Å². The van der Waals surface area contributed by atoms with Gasteiger partial charge in [-0.25, -0.2) is 0 Å². The van der Waals surface area contributed by atoms with Gasteiger partial charge in [0, 0.05) is 17.7 Å². The van der Waals surface area contributed by atoms with E-state index in [-0.39, 0.29) is 11.9 Å². The van der Waals surface area contributed by atoms with Crippen molar-refractivity contribution in [2.45, 2.75) is 13.8 Å². The van der Waals surface area contributed by atoms with Gasteiger partial charge >= 0.3 is 6.08 Å². The Morgan fingerprint density at radius 3 is 2.81 bits per heavy atom. The Bertz CT molecular complexity index is 429. The molecule has 5 heteroatoms. The van der Waals surface area contributed by atoms with E-state index < -0.39 is 0 Å². The number of halogens is 1. The Hall–Kier alpha value is -1.55. The van der Waals surface area contributed by atoms with Crippen LogP contribution in [0.15, 0.2) is 18.2 Å². The largest absolute Gasteiger partial charge is 0.551 e. The van der Waals surface area contributed by atoms with E-state index in [4.69, 9.17) is 16.3 Å². The zero-order chi connectivity index (χ0) is 12.1. The van der Waals surface area contributed by atoms with Crippen LogP contribution < -0.4 is 4.99 Å². The summed E-state index contributed by atoms with van der Waals surface area (Å²) in [6, 6.07) is 4.78. The quantitative estimate of drug-likeness (QED) is 0.476. The molecule has 0 spiro atoms. The molecule has 0 radical (unpaired) electrons. The molecule has 0 fully saturated rings. The molecule has 0 aliphatic rings. The highest BCUT2D eigenvalue weighted by Crippen LogP contribution is 2.18. The number of Topliss-reactive ketones (excluding diaryl/α,β-unsaturated/α-hetero) is 1. The SMILES string of the molecule is CCOC(O)=[NH+]c1ccc(Cl)c(C(C)=O)c1. The second-order valence-corrected chi connectivity index (χ2v) is 3.52. The fourth-order valence-electron chi connectivity index (χ4n) is 1.17. The van der Waals surface area contributed by atoms with Gasteiger partial charge in [0.15, 0.2) is 5.78 Å². The van der Waals surface area contributed by atoms with Crippen LogP contribution in [0.1, 0.15) is 24.2 Å². The van der Waals surface area contributed by atoms with Gasteiger partial charge in [0.05, 0.1) is 11.6 Å². The minimum atomic E-state index is -0.306. The lowest BCUT2D eigenvalue weighted by Gasteiger charge is -1.98. The van der Waals surface area contributed by atoms with Gasteiger partial charge in [0.25, 0.3) is 0 Å². The summed E-state index contributed by atoms with van der Waals surface area (Å²) in [4.78, 5) is 13.8. The first-order valence-corrected chi connectivity index (χ1v) is 5.18. The third-order valence-corrected chi connectivity index (χ3v) is 2.21. The summed E-state index contributed by atoms with van der Waals surface area (Å²) in [6.07, 6.45) is -0.306. The van der Waals surface area contributed by atoms with E-state index in [1.165, 1.54) is 6.92 Å². The van der Waals surface area contributed by atoms with Crippen molar-refractivity contribution in [3.63, 3.8) is 0 Å². The van der Waals surface area contributed by atoms with Gasteiger partial charge in [-0.15, -0.1) is 4.99 Å². The van der Waals surface area contributed by atoms with E-state index in [1.54, 1.807) is 25.1 Å². The van der Waals surface area contributed by atoms with Crippen LogP contribution in [0.25, 0.3) is 0 Å². The van der Waals surface area contributed by atoms with Gasteiger partial charge in [0.2, 0.25) is 5.69 Å². The van der Waals surface area contributed by atoms with Crippen molar-refractivity contribution in [1.82, 2.24) is 0 Å². The first-order valence-electron chi connectivity index (χ1n) is 4.80. The molecule has 0 saturated heterocycles. The van der Waals surface area contributed by atoms with Crippen LogP contribution in [0.5, 0.6) is 0 Å². The van der Waals surface area contributed by atoms with Gasteiger partial charge < -0.3 is 9.84 Å². The molecule has 0 amide bonds. The molecule has 1 aromatic carbocycles. The lowest BCUT2D eigenvalue weighted by molar-refractivity contribution is -0.382. The van der Waals surface area contributed by atoms with Gasteiger partial charge in [-0.05, 0) is 19.9 Å². The summed E-state index contributed by atoms with van der Waals surface area (Å²) in [5.41, 5.74) is 0.941. The predicted octanol–water partition coefficient (Wildman–Crippen LogP) is 1.21. The standard InChI is InChI=1S/C11H12ClNO3/c1-3-16-11(15)13-8-4-5-10(12)9(6-8)7(2)14/h4-6H,3H2,1-2H3,(H,13,15)/p+1. The number of carbonyl (C=O) groups is 1. The molecule has 0 unspecified atom stereocenters. The lowest BCUT2D eigenvalue weighted by atomic mass is 10.1. The maximum atomic E-state index is 11.2. The minimum absolute atomic E-state index is 0.135. The smallest absolute Gasteiger partial charge is 0.430 e. The highest BCUT2D eigenvalue weighted by atomic mass is 35.5. The van der Waals surface area contributed by atoms with Gasteiger partial charge in [-0.3, -0.25) is 4.79 Å². The van der Waals surface area contributed by atoms with Crippen molar-refractivity contribution < 1.29 is 19.6 Å². The van der Waals surface area contributed by atoms with Gasteiger partial charge in [-0.1, -0.05) is 11.6 Å². The van der Waals surface area contributed by atoms with Gasteiger partial charge in [0.1, 0.15) is 0 Å². The van der Waals surface area contributed by atoms with E-state index in [1.807, 2.05) is 0 Å². The Balaban J connectivity index is 3.04. The highest BCUT2D eigenvalue weighted by Gasteiger charge is 2.10. The lowest BCUT2D eigenvalue weighted by Crippen LogP contribution is -2.67. The number of aliphatic hydroxyl groups excluding tert-OH is 1. The molecule has 0 heterocycles. The number of hydrogen-bond acceptors (Lipinski definition) is 2. The van der Waals surface area contributed by atoms with E-state index in [0.29, 0.717) is 22.9 Å². The number of rotatable bonds is 3. The van der Waals surface area contributed by atoms with Crippen LogP contribution in [0.2, 0.25) is 5.02 Å². The fraction of sp³-hybridized carbons (Fsp3) is 0.273. The summed E-state index contributed by atoms with van der Waals surface area (Å²) in [7, 11) is 0. The molecule has 4 nitrogen and oxygen atoms in total. The molecule has 0 atom stereocenters. The van der Waals surface area contributed by atoms with Crippen LogP contribution in [-0.2, 0) is 4.74 Å². The van der Waals surface area contributed by atoms with Crippen LogP contribution >= 0.6 is 11.6 Å². The molecule has 0 aliphatic carbocycles. The molecule has 2 N–H and O–H groups in total. The Labute approximate surface area is 98.5 Å². The molecule has 0 aliphatic heterocycles. The fourth-order valence-corrected chi connectivity index (χ4v) is 1.42. The van der Waals surface area contributed by atoms with Crippen molar-refractivity contribution >= 4 is 29.2 Å². The van der Waals surface area contributed by atoms with Crippen molar-refractivity contribution in [2.24, 2.45) is 0 Å². The molecule has 0 bridgehead atoms. The van der Waals surface area contributed by atoms with E-state index in [2.05, 4.69) is 4.99 Å².